The molecule has 0 spiro atoms. The Kier molecular flexibility index (Phi) is 15.3. The Balaban J connectivity index is 0.000000263. The van der Waals surface area contributed by atoms with Crippen LogP contribution in [0.25, 0.3) is 0 Å². The maximum Gasteiger partial charge on any atom is 1.00 e. The first-order valence-corrected chi connectivity index (χ1v) is 18.4. The number of rotatable bonds is 7. The molecular formula is C26H40B2ClN4NaO10S2. The number of sulfonamides is 1. The predicted octanol–water partition coefficient (Wildman–Crippen LogP) is -1.83. The fourth-order valence-corrected chi connectivity index (χ4v) is 7.40. The van der Waals surface area contributed by atoms with E-state index in [1.807, 2.05) is 0 Å². The van der Waals surface area contributed by atoms with Gasteiger partial charge in [-0.3, -0.25) is 0 Å². The molecule has 4 aliphatic heterocycles. The maximum atomic E-state index is 12.7. The minimum Gasteiger partial charge on any atom is -1.00 e. The van der Waals surface area contributed by atoms with Crippen molar-refractivity contribution in [3.8, 4) is 23.0 Å². The summed E-state index contributed by atoms with van der Waals surface area (Å²) in [6.45, 7) is 6.67. The van der Waals surface area contributed by atoms with Crippen LogP contribution in [0.5, 0.6) is 23.0 Å². The summed E-state index contributed by atoms with van der Waals surface area (Å²) in [5.41, 5.74) is 0. The van der Waals surface area contributed by atoms with Crippen LogP contribution in [0.4, 0.5) is 0 Å². The van der Waals surface area contributed by atoms with E-state index in [1.165, 1.54) is 28.6 Å². The van der Waals surface area contributed by atoms with Crippen molar-refractivity contribution < 1.29 is 76.8 Å². The van der Waals surface area contributed by atoms with E-state index in [2.05, 4.69) is 15.8 Å². The van der Waals surface area contributed by atoms with Gasteiger partial charge in [0.15, 0.2) is 23.0 Å². The molecule has 0 unspecified atom stereocenters. The van der Waals surface area contributed by atoms with Gasteiger partial charge < -0.3 is 46.2 Å². The van der Waals surface area contributed by atoms with Crippen LogP contribution in [0, 0.1) is 0 Å². The largest absolute Gasteiger partial charge is 1.00 e. The smallest absolute Gasteiger partial charge is 1.00 e. The van der Waals surface area contributed by atoms with Crippen LogP contribution in [-0.2, 0) is 19.1 Å². The molecule has 2 aromatic rings. The third-order valence-electron chi connectivity index (χ3n) is 7.35. The summed E-state index contributed by atoms with van der Waals surface area (Å²) in [4.78, 5) is 0.233. The zero-order chi connectivity index (χ0) is 32.6. The van der Waals surface area contributed by atoms with E-state index in [0.717, 1.165) is 25.9 Å². The Morgan fingerprint density at radius 2 is 1.22 bits per heavy atom. The molecule has 0 bridgehead atoms. The first-order chi connectivity index (χ1) is 21.3. The number of nitrogens with one attached hydrogen (secondary N) is 3. The van der Waals surface area contributed by atoms with Crippen LogP contribution in [0.2, 0.25) is 13.6 Å². The van der Waals surface area contributed by atoms with E-state index in [0.29, 0.717) is 55.0 Å². The maximum absolute atomic E-state index is 12.7. The Morgan fingerprint density at radius 3 is 1.70 bits per heavy atom. The molecule has 6 rings (SSSR count). The molecule has 14 nitrogen and oxygen atoms in total. The number of ether oxygens (including phenoxy) is 4. The predicted molar refractivity (Wildman–Crippen MR) is 171 cm³/mol. The summed E-state index contributed by atoms with van der Waals surface area (Å²) < 4.78 is 69.1. The number of hydrogen-bond donors (Lipinski definition) is 5. The average molecular weight is 713 g/mol. The second kappa shape index (κ2) is 17.9. The van der Waals surface area contributed by atoms with Gasteiger partial charge in [-0.15, -0.1) is 0 Å². The van der Waals surface area contributed by atoms with E-state index in [4.69, 9.17) is 34.7 Å². The van der Waals surface area contributed by atoms with Crippen molar-refractivity contribution in [2.45, 2.75) is 61.2 Å². The topological polar surface area (TPSA) is 185 Å². The van der Waals surface area contributed by atoms with Crippen molar-refractivity contribution in [3.63, 3.8) is 0 Å². The molecule has 250 valence electrons. The van der Waals surface area contributed by atoms with Crippen LogP contribution in [0.3, 0.4) is 0 Å². The zero-order valence-corrected chi connectivity index (χ0v) is 30.5. The molecule has 0 aliphatic carbocycles. The molecule has 46 heavy (non-hydrogen) atoms. The van der Waals surface area contributed by atoms with Gasteiger partial charge in [-0.1, -0.05) is 0 Å². The summed E-state index contributed by atoms with van der Waals surface area (Å²) >= 11 is 0. The minimum atomic E-state index is -3.69. The minimum absolute atomic E-state index is 0. The molecule has 2 saturated heterocycles. The Hall–Kier alpha value is -1.28. The van der Waals surface area contributed by atoms with Gasteiger partial charge in [0.2, 0.25) is 23.6 Å². The van der Waals surface area contributed by atoms with Crippen molar-refractivity contribution in [2.24, 2.45) is 0 Å². The fraction of sp³-hybridized carbons (Fsp3) is 0.538. The zero-order valence-electron chi connectivity index (χ0n) is 27.1. The van der Waals surface area contributed by atoms with E-state index >= 15 is 0 Å². The molecule has 0 amide bonds. The fourth-order valence-electron chi connectivity index (χ4n) is 5.15. The van der Waals surface area contributed by atoms with Gasteiger partial charge in [0.25, 0.3) is 9.05 Å². The number of halogens is 1. The van der Waals surface area contributed by atoms with Crippen LogP contribution >= 0.6 is 10.7 Å². The van der Waals surface area contributed by atoms with Crippen molar-refractivity contribution in [1.29, 1.82) is 0 Å². The van der Waals surface area contributed by atoms with Gasteiger partial charge in [0.05, 0.1) is 9.79 Å². The number of fused-ring (bicyclic) bond motifs is 2. The quantitative estimate of drug-likeness (QED) is 0.160. The van der Waals surface area contributed by atoms with Crippen LogP contribution in [0.1, 0.15) is 27.1 Å². The van der Waals surface area contributed by atoms with Gasteiger partial charge in [-0.25, -0.2) is 16.8 Å². The van der Waals surface area contributed by atoms with E-state index in [-0.39, 0.29) is 67.5 Å². The molecule has 0 radical (unpaired) electrons. The molecule has 0 saturated carbocycles. The molecule has 20 heteroatoms. The van der Waals surface area contributed by atoms with Crippen molar-refractivity contribution >= 4 is 43.9 Å². The summed E-state index contributed by atoms with van der Waals surface area (Å²) in [7, 11) is -3.02. The summed E-state index contributed by atoms with van der Waals surface area (Å²) in [5, 5.41) is 27.7. The van der Waals surface area contributed by atoms with Gasteiger partial charge in [0.1, 0.15) is 0 Å². The Bertz CT molecular complexity index is 1500. The van der Waals surface area contributed by atoms with E-state index < -0.39 is 26.1 Å². The van der Waals surface area contributed by atoms with Crippen molar-refractivity contribution in [3.05, 3.63) is 36.4 Å². The number of nitrogens with zero attached hydrogens (tertiary/aromatic N) is 1. The molecule has 5 N–H and O–H groups in total. The summed E-state index contributed by atoms with van der Waals surface area (Å²) in [6, 6.07) is 9.56. The summed E-state index contributed by atoms with van der Waals surface area (Å²) in [6.07, 6.45) is 3.61. The van der Waals surface area contributed by atoms with Crippen LogP contribution in [-0.4, -0.2) is 97.1 Å². The normalized spacial score (nSPS) is 17.9. The van der Waals surface area contributed by atoms with E-state index in [9.17, 15) is 21.9 Å². The molecule has 0 aromatic heterocycles. The molecule has 4 heterocycles. The first kappa shape index (κ1) is 39.2. The molecule has 0 atom stereocenters. The number of benzene rings is 2. The average Bonchev–Trinajstić information content (AvgIpc) is 3.66. The van der Waals surface area contributed by atoms with Gasteiger partial charge in [-0.2, -0.15) is 4.31 Å². The van der Waals surface area contributed by atoms with Crippen LogP contribution in [0.15, 0.2) is 46.2 Å². The number of piperidine rings is 2. The second-order valence-corrected chi connectivity index (χ2v) is 15.4. The molecular weight excluding hydrogens is 673 g/mol. The monoisotopic (exact) mass is 712 g/mol. The second-order valence-electron chi connectivity index (χ2n) is 10.9. The van der Waals surface area contributed by atoms with Gasteiger partial charge in [-0.05, 0) is 76.7 Å². The third-order valence-corrected chi connectivity index (χ3v) is 10.6. The standard InChI is InChI=1S/C13H19BN2O5S.C7H5ClO4S.C6H15BN2O.Na.H/c1-14(17)15-10-4-6-16(7-5-10)22(18,19)11-2-3-12-13(8-11)21-9-20-12;8-13(9,10)5-1-2-6-7(3-5)12-4-11-6;1-7(10)9-6-2-4-8-5-3-6;;/h2-3,8,10,15,17H,4-7,9H2,1H3;1-3H,4H2;6,8-10H,2-5H2,1H3;;/q;;;+1;-1. The first-order valence-electron chi connectivity index (χ1n) is 14.7. The summed E-state index contributed by atoms with van der Waals surface area (Å²) in [5.74, 6) is 1.97. The Labute approximate surface area is 299 Å². The van der Waals surface area contributed by atoms with E-state index in [1.54, 1.807) is 25.8 Å². The van der Waals surface area contributed by atoms with Crippen molar-refractivity contribution in [1.82, 2.24) is 20.1 Å². The van der Waals surface area contributed by atoms with Gasteiger partial charge >= 0.3 is 43.7 Å². The molecule has 4 aliphatic rings. The van der Waals surface area contributed by atoms with Gasteiger partial charge in [0, 0.05) is 48.0 Å². The van der Waals surface area contributed by atoms with Crippen molar-refractivity contribution in [2.75, 3.05) is 39.8 Å². The van der Waals surface area contributed by atoms with Crippen LogP contribution < -0.4 is 64.3 Å². The number of hydrogen-bond acceptors (Lipinski definition) is 13. The molecule has 2 fully saturated rings. The SMILES string of the molecule is CB(O)NC1CCN(S(=O)(=O)c2ccc3c(c2)OCO3)CC1.CB(O)NC1CCNCC1.O=S(=O)(Cl)c1ccc2c(c1)OCO2.[H-].[Na+]. The molecule has 2 aromatic carbocycles. The Morgan fingerprint density at radius 1 is 0.783 bits per heavy atom. The third kappa shape index (κ3) is 11.4.